The highest BCUT2D eigenvalue weighted by molar-refractivity contribution is 6.05. The molecule has 4 nitrogen and oxygen atoms in total. The van der Waals surface area contributed by atoms with E-state index in [4.69, 9.17) is 5.11 Å². The normalized spacial score (nSPS) is 10.7. The van der Waals surface area contributed by atoms with Gasteiger partial charge in [0.1, 0.15) is 5.82 Å². The minimum absolute atomic E-state index is 0.588. The maximum absolute atomic E-state index is 11.1. The third-order valence-corrected chi connectivity index (χ3v) is 3.39. The first-order chi connectivity index (χ1) is 9.68. The van der Waals surface area contributed by atoms with Crippen LogP contribution < -0.4 is 5.32 Å². The fraction of sp³-hybridized carbons (Fsp3) is 0.0625. The van der Waals surface area contributed by atoms with E-state index in [1.54, 1.807) is 0 Å². The van der Waals surface area contributed by atoms with Crippen molar-refractivity contribution in [3.8, 4) is 11.1 Å². The molecule has 2 aromatic carbocycles. The molecule has 3 aromatic rings. The molecule has 4 heteroatoms. The lowest BCUT2D eigenvalue weighted by Gasteiger charge is -2.07. The monoisotopic (exact) mass is 266 g/mol. The highest BCUT2D eigenvalue weighted by atomic mass is 16.4. The van der Waals surface area contributed by atoms with E-state index in [1.807, 2.05) is 66.2 Å². The van der Waals surface area contributed by atoms with Gasteiger partial charge in [0.15, 0.2) is 0 Å². The number of rotatable bonds is 2. The maximum Gasteiger partial charge on any atom is 0.410 e. The number of hydrogen-bond acceptors (Lipinski definition) is 1. The van der Waals surface area contributed by atoms with Crippen LogP contribution in [-0.4, -0.2) is 15.8 Å². The number of nitrogens with zero attached hydrogens (tertiary/aromatic N) is 1. The minimum Gasteiger partial charge on any atom is -0.465 e. The fourth-order valence-electron chi connectivity index (χ4n) is 2.54. The number of nitrogens with one attached hydrogen (secondary N) is 1. The summed E-state index contributed by atoms with van der Waals surface area (Å²) in [5.74, 6) is 0.588. The summed E-state index contributed by atoms with van der Waals surface area (Å²) in [5.41, 5.74) is 2.90. The molecule has 0 bridgehead atoms. The van der Waals surface area contributed by atoms with Crippen LogP contribution in [0.15, 0.2) is 54.6 Å². The van der Waals surface area contributed by atoms with Crippen LogP contribution in [0.3, 0.4) is 0 Å². The number of benzene rings is 2. The van der Waals surface area contributed by atoms with Gasteiger partial charge in [0.2, 0.25) is 0 Å². The Morgan fingerprint density at radius 1 is 1.05 bits per heavy atom. The summed E-state index contributed by atoms with van der Waals surface area (Å²) >= 11 is 0. The zero-order valence-electron chi connectivity index (χ0n) is 11.0. The number of hydrogen-bond donors (Lipinski definition) is 2. The second kappa shape index (κ2) is 4.74. The number of anilines is 1. The molecular formula is C16H14N2O2. The summed E-state index contributed by atoms with van der Waals surface area (Å²) in [6, 6.07) is 17.7. The van der Waals surface area contributed by atoms with E-state index in [1.165, 1.54) is 0 Å². The molecule has 0 saturated heterocycles. The lowest BCUT2D eigenvalue weighted by Crippen LogP contribution is -2.11. The summed E-state index contributed by atoms with van der Waals surface area (Å²) in [6.45, 7) is 0. The Labute approximate surface area is 116 Å². The van der Waals surface area contributed by atoms with Crippen molar-refractivity contribution in [3.05, 3.63) is 54.6 Å². The molecule has 0 aliphatic carbocycles. The van der Waals surface area contributed by atoms with Crippen LogP contribution in [0.25, 0.3) is 22.0 Å². The summed E-state index contributed by atoms with van der Waals surface area (Å²) in [5, 5.41) is 12.6. The number of para-hydroxylation sites is 1. The van der Waals surface area contributed by atoms with E-state index in [2.05, 4.69) is 5.32 Å². The van der Waals surface area contributed by atoms with Crippen molar-refractivity contribution < 1.29 is 9.90 Å². The molecule has 3 rings (SSSR count). The van der Waals surface area contributed by atoms with Gasteiger partial charge in [0, 0.05) is 18.0 Å². The smallest absolute Gasteiger partial charge is 0.410 e. The van der Waals surface area contributed by atoms with Gasteiger partial charge in [0.25, 0.3) is 0 Å². The van der Waals surface area contributed by atoms with Gasteiger partial charge in [-0.3, -0.25) is 5.32 Å². The SMILES string of the molecule is Cn1c(NC(=O)O)c(-c2ccccc2)c2ccccc21. The lowest BCUT2D eigenvalue weighted by molar-refractivity contribution is 0.209. The quantitative estimate of drug-likeness (QED) is 0.738. The maximum atomic E-state index is 11.1. The third kappa shape index (κ3) is 1.91. The average molecular weight is 266 g/mol. The predicted octanol–water partition coefficient (Wildman–Crippen LogP) is 3.94. The van der Waals surface area contributed by atoms with E-state index in [0.717, 1.165) is 22.0 Å². The molecule has 0 radical (unpaired) electrons. The molecule has 1 heterocycles. The number of aromatic nitrogens is 1. The molecule has 0 aliphatic rings. The van der Waals surface area contributed by atoms with E-state index >= 15 is 0 Å². The van der Waals surface area contributed by atoms with Crippen LogP contribution in [0.4, 0.5) is 10.6 Å². The van der Waals surface area contributed by atoms with Gasteiger partial charge in [-0.2, -0.15) is 0 Å². The summed E-state index contributed by atoms with van der Waals surface area (Å²) in [6.07, 6.45) is -1.06. The van der Waals surface area contributed by atoms with Gasteiger partial charge < -0.3 is 9.67 Å². The standard InChI is InChI=1S/C16H14N2O2/c1-18-13-10-6-5-9-12(13)14(15(18)17-16(19)20)11-7-3-2-4-8-11/h2-10,17H,1H3,(H,19,20). The first-order valence-electron chi connectivity index (χ1n) is 6.31. The number of fused-ring (bicyclic) bond motifs is 1. The van der Waals surface area contributed by atoms with Crippen LogP contribution in [0.1, 0.15) is 0 Å². The minimum atomic E-state index is -1.06. The summed E-state index contributed by atoms with van der Waals surface area (Å²) < 4.78 is 1.87. The van der Waals surface area contributed by atoms with Crippen molar-refractivity contribution in [2.45, 2.75) is 0 Å². The van der Waals surface area contributed by atoms with Crippen LogP contribution in [0, 0.1) is 0 Å². The largest absolute Gasteiger partial charge is 0.465 e. The molecule has 0 saturated carbocycles. The van der Waals surface area contributed by atoms with Crippen molar-refractivity contribution in [3.63, 3.8) is 0 Å². The van der Waals surface area contributed by atoms with E-state index in [9.17, 15) is 4.79 Å². The van der Waals surface area contributed by atoms with Crippen molar-refractivity contribution in [1.82, 2.24) is 4.57 Å². The molecule has 1 aromatic heterocycles. The Kier molecular flexibility index (Phi) is 2.91. The molecule has 2 N–H and O–H groups in total. The van der Waals surface area contributed by atoms with Gasteiger partial charge >= 0.3 is 6.09 Å². The van der Waals surface area contributed by atoms with Gasteiger partial charge in [-0.1, -0.05) is 48.5 Å². The van der Waals surface area contributed by atoms with E-state index in [0.29, 0.717) is 5.82 Å². The highest BCUT2D eigenvalue weighted by Crippen LogP contribution is 2.37. The molecule has 100 valence electrons. The third-order valence-electron chi connectivity index (χ3n) is 3.39. The predicted molar refractivity (Wildman–Crippen MR) is 80.0 cm³/mol. The van der Waals surface area contributed by atoms with Crippen molar-refractivity contribution >= 4 is 22.8 Å². The number of carboxylic acid groups (broad SMARTS) is 1. The fourth-order valence-corrected chi connectivity index (χ4v) is 2.54. The van der Waals surface area contributed by atoms with Crippen molar-refractivity contribution in [2.24, 2.45) is 7.05 Å². The second-order valence-corrected chi connectivity index (χ2v) is 4.60. The molecule has 0 fully saturated rings. The Morgan fingerprint density at radius 3 is 2.40 bits per heavy atom. The lowest BCUT2D eigenvalue weighted by atomic mass is 10.0. The molecule has 1 amide bonds. The first-order valence-corrected chi connectivity index (χ1v) is 6.31. The van der Waals surface area contributed by atoms with Crippen LogP contribution in [-0.2, 0) is 7.05 Å². The van der Waals surface area contributed by atoms with Gasteiger partial charge in [-0.15, -0.1) is 0 Å². The number of amides is 1. The van der Waals surface area contributed by atoms with Gasteiger partial charge in [0.05, 0.1) is 5.52 Å². The Bertz CT molecular complexity index is 776. The van der Waals surface area contributed by atoms with Gasteiger partial charge in [-0.25, -0.2) is 4.79 Å². The van der Waals surface area contributed by atoms with Crippen LogP contribution in [0.2, 0.25) is 0 Å². The molecule has 0 unspecified atom stereocenters. The first kappa shape index (κ1) is 12.3. The molecule has 0 atom stereocenters. The zero-order chi connectivity index (χ0) is 14.1. The number of aryl methyl sites for hydroxylation is 1. The number of carbonyl (C=O) groups is 1. The summed E-state index contributed by atoms with van der Waals surface area (Å²) in [7, 11) is 1.86. The van der Waals surface area contributed by atoms with Crippen LogP contribution >= 0.6 is 0 Å². The van der Waals surface area contributed by atoms with Crippen LogP contribution in [0.5, 0.6) is 0 Å². The van der Waals surface area contributed by atoms with Crippen molar-refractivity contribution in [1.29, 1.82) is 0 Å². The Balaban J connectivity index is 2.35. The highest BCUT2D eigenvalue weighted by Gasteiger charge is 2.17. The summed E-state index contributed by atoms with van der Waals surface area (Å²) in [4.78, 5) is 11.1. The molecule has 20 heavy (non-hydrogen) atoms. The van der Waals surface area contributed by atoms with E-state index in [-0.39, 0.29) is 0 Å². The topological polar surface area (TPSA) is 54.3 Å². The zero-order valence-corrected chi connectivity index (χ0v) is 11.0. The molecule has 0 spiro atoms. The molecule has 0 aliphatic heterocycles. The van der Waals surface area contributed by atoms with Crippen molar-refractivity contribution in [2.75, 3.05) is 5.32 Å². The van der Waals surface area contributed by atoms with E-state index < -0.39 is 6.09 Å². The second-order valence-electron chi connectivity index (χ2n) is 4.60. The Morgan fingerprint density at radius 2 is 1.70 bits per heavy atom. The Hall–Kier alpha value is -2.75. The molecular weight excluding hydrogens is 252 g/mol. The van der Waals surface area contributed by atoms with Gasteiger partial charge in [-0.05, 0) is 11.6 Å². The average Bonchev–Trinajstić information content (AvgIpc) is 2.73.